The number of hydrogen-bond donors (Lipinski definition) is 2. The van der Waals surface area contributed by atoms with Crippen LogP contribution >= 0.6 is 15.9 Å². The molecule has 1 aliphatic carbocycles. The Morgan fingerprint density at radius 2 is 2.06 bits per heavy atom. The van der Waals surface area contributed by atoms with Crippen LogP contribution in [0.15, 0.2) is 22.7 Å². The molecule has 17 heavy (non-hydrogen) atoms. The molecular weight excluding hydrogens is 276 g/mol. The molecule has 3 N–H and O–H groups in total. The van der Waals surface area contributed by atoms with Crippen molar-refractivity contribution in [2.45, 2.75) is 38.5 Å². The molecule has 1 saturated carbocycles. The second-order valence-corrected chi connectivity index (χ2v) is 5.87. The van der Waals surface area contributed by atoms with E-state index in [1.807, 2.05) is 18.2 Å². The summed E-state index contributed by atoms with van der Waals surface area (Å²) in [5.74, 6) is 0.983. The van der Waals surface area contributed by atoms with Crippen LogP contribution < -0.4 is 11.1 Å². The molecule has 0 spiro atoms. The van der Waals surface area contributed by atoms with Crippen LogP contribution in [0.2, 0.25) is 0 Å². The monoisotopic (exact) mass is 296 g/mol. The minimum atomic E-state index is 0.828. The number of nitrogens with one attached hydrogen (secondary N) is 1. The van der Waals surface area contributed by atoms with Crippen molar-refractivity contribution < 1.29 is 0 Å². The van der Waals surface area contributed by atoms with Crippen LogP contribution in [0.5, 0.6) is 0 Å². The van der Waals surface area contributed by atoms with Gasteiger partial charge < -0.3 is 11.1 Å². The molecule has 0 heterocycles. The maximum atomic E-state index is 5.91. The quantitative estimate of drug-likeness (QED) is 0.624. The molecule has 0 bridgehead atoms. The van der Waals surface area contributed by atoms with Gasteiger partial charge in [0.25, 0.3) is 0 Å². The molecule has 1 aromatic rings. The number of hydrogen-bond acceptors (Lipinski definition) is 2. The van der Waals surface area contributed by atoms with E-state index < -0.39 is 0 Å². The van der Waals surface area contributed by atoms with E-state index >= 15 is 0 Å². The minimum Gasteiger partial charge on any atom is -0.397 e. The molecule has 0 radical (unpaired) electrons. The molecule has 1 aromatic carbocycles. The SMILES string of the molecule is Nc1ccc(Br)cc1NCCCC1CCCC1. The average Bonchev–Trinajstić information content (AvgIpc) is 2.82. The van der Waals surface area contributed by atoms with Crippen molar-refractivity contribution in [3.05, 3.63) is 22.7 Å². The summed E-state index contributed by atoms with van der Waals surface area (Å²) >= 11 is 3.46. The van der Waals surface area contributed by atoms with Gasteiger partial charge in [-0.2, -0.15) is 0 Å². The molecular formula is C14H21BrN2. The van der Waals surface area contributed by atoms with E-state index in [9.17, 15) is 0 Å². The lowest BCUT2D eigenvalue weighted by Crippen LogP contribution is -2.06. The Kier molecular flexibility index (Phi) is 4.72. The number of nitrogen functional groups attached to an aromatic ring is 1. The molecule has 0 unspecified atom stereocenters. The van der Waals surface area contributed by atoms with Crippen molar-refractivity contribution in [3.63, 3.8) is 0 Å². The molecule has 0 saturated heterocycles. The highest BCUT2D eigenvalue weighted by molar-refractivity contribution is 9.10. The third-order valence-corrected chi connectivity index (χ3v) is 4.09. The summed E-state index contributed by atoms with van der Waals surface area (Å²) in [6.07, 6.45) is 8.38. The molecule has 1 fully saturated rings. The maximum absolute atomic E-state index is 5.91. The zero-order valence-corrected chi connectivity index (χ0v) is 11.8. The summed E-state index contributed by atoms with van der Waals surface area (Å²) in [5.41, 5.74) is 7.79. The maximum Gasteiger partial charge on any atom is 0.0585 e. The third kappa shape index (κ3) is 3.91. The Labute approximate surface area is 112 Å². The standard InChI is InChI=1S/C14H21BrN2/c15-12-7-8-13(16)14(10-12)17-9-3-6-11-4-1-2-5-11/h7-8,10-11,17H,1-6,9,16H2. The fraction of sp³-hybridized carbons (Fsp3) is 0.571. The normalized spacial score (nSPS) is 16.3. The number of nitrogens with two attached hydrogens (primary N) is 1. The Hall–Kier alpha value is -0.700. The second-order valence-electron chi connectivity index (χ2n) is 4.95. The van der Waals surface area contributed by atoms with Crippen molar-refractivity contribution in [2.24, 2.45) is 5.92 Å². The van der Waals surface area contributed by atoms with Crippen LogP contribution in [0.1, 0.15) is 38.5 Å². The largest absolute Gasteiger partial charge is 0.397 e. The molecule has 0 amide bonds. The predicted molar refractivity (Wildman–Crippen MR) is 78.2 cm³/mol. The van der Waals surface area contributed by atoms with Crippen LogP contribution in [0.3, 0.4) is 0 Å². The van der Waals surface area contributed by atoms with Crippen LogP contribution in [-0.2, 0) is 0 Å². The van der Waals surface area contributed by atoms with Gasteiger partial charge in [-0.1, -0.05) is 41.6 Å². The number of halogens is 1. The van der Waals surface area contributed by atoms with Gasteiger partial charge in [-0.25, -0.2) is 0 Å². The number of benzene rings is 1. The lowest BCUT2D eigenvalue weighted by molar-refractivity contribution is 0.491. The Morgan fingerprint density at radius 1 is 1.29 bits per heavy atom. The fourth-order valence-corrected chi connectivity index (χ4v) is 2.96. The molecule has 94 valence electrons. The van der Waals surface area contributed by atoms with E-state index in [0.29, 0.717) is 0 Å². The number of anilines is 2. The van der Waals surface area contributed by atoms with Gasteiger partial charge in [-0.05, 0) is 37.0 Å². The summed E-state index contributed by atoms with van der Waals surface area (Å²) in [6.45, 7) is 1.02. The van der Waals surface area contributed by atoms with E-state index in [-0.39, 0.29) is 0 Å². The van der Waals surface area contributed by atoms with Gasteiger partial charge in [0.2, 0.25) is 0 Å². The van der Waals surface area contributed by atoms with Crippen LogP contribution in [0.25, 0.3) is 0 Å². The summed E-state index contributed by atoms with van der Waals surface area (Å²) < 4.78 is 1.07. The first-order valence-electron chi connectivity index (χ1n) is 6.54. The van der Waals surface area contributed by atoms with Gasteiger partial charge in [0.1, 0.15) is 0 Å². The lowest BCUT2D eigenvalue weighted by Gasteiger charge is -2.12. The minimum absolute atomic E-state index is 0.828. The molecule has 0 aliphatic heterocycles. The Balaban J connectivity index is 1.72. The molecule has 2 rings (SSSR count). The van der Waals surface area contributed by atoms with Crippen molar-refractivity contribution in [1.82, 2.24) is 0 Å². The lowest BCUT2D eigenvalue weighted by atomic mass is 10.0. The highest BCUT2D eigenvalue weighted by Gasteiger charge is 2.13. The van der Waals surface area contributed by atoms with E-state index in [0.717, 1.165) is 28.3 Å². The Bertz CT molecular complexity index is 359. The Morgan fingerprint density at radius 3 is 2.82 bits per heavy atom. The van der Waals surface area contributed by atoms with Crippen LogP contribution in [-0.4, -0.2) is 6.54 Å². The van der Waals surface area contributed by atoms with E-state index in [1.54, 1.807) is 0 Å². The van der Waals surface area contributed by atoms with E-state index in [1.165, 1.54) is 38.5 Å². The first-order chi connectivity index (χ1) is 8.25. The first-order valence-corrected chi connectivity index (χ1v) is 7.34. The van der Waals surface area contributed by atoms with E-state index in [2.05, 4.69) is 21.2 Å². The smallest absolute Gasteiger partial charge is 0.0585 e. The van der Waals surface area contributed by atoms with Crippen molar-refractivity contribution >= 4 is 27.3 Å². The zero-order valence-electron chi connectivity index (χ0n) is 10.2. The van der Waals surface area contributed by atoms with Gasteiger partial charge in [0.15, 0.2) is 0 Å². The summed E-state index contributed by atoms with van der Waals surface area (Å²) in [7, 11) is 0. The third-order valence-electron chi connectivity index (χ3n) is 3.59. The molecule has 3 heteroatoms. The van der Waals surface area contributed by atoms with Crippen LogP contribution in [0, 0.1) is 5.92 Å². The van der Waals surface area contributed by atoms with Gasteiger partial charge in [-0.3, -0.25) is 0 Å². The summed E-state index contributed by atoms with van der Waals surface area (Å²) in [6, 6.07) is 5.95. The fourth-order valence-electron chi connectivity index (χ4n) is 2.59. The topological polar surface area (TPSA) is 38.0 Å². The van der Waals surface area contributed by atoms with Gasteiger partial charge >= 0.3 is 0 Å². The highest BCUT2D eigenvalue weighted by Crippen LogP contribution is 2.28. The van der Waals surface area contributed by atoms with Crippen LogP contribution in [0.4, 0.5) is 11.4 Å². The summed E-state index contributed by atoms with van der Waals surface area (Å²) in [5, 5.41) is 3.42. The predicted octanol–water partition coefficient (Wildman–Crippen LogP) is 4.41. The van der Waals surface area contributed by atoms with Gasteiger partial charge in [-0.15, -0.1) is 0 Å². The van der Waals surface area contributed by atoms with Crippen molar-refractivity contribution in [3.8, 4) is 0 Å². The molecule has 1 aliphatic rings. The number of rotatable bonds is 5. The molecule has 0 aromatic heterocycles. The van der Waals surface area contributed by atoms with Gasteiger partial charge in [0.05, 0.1) is 11.4 Å². The van der Waals surface area contributed by atoms with E-state index in [4.69, 9.17) is 5.73 Å². The first kappa shape index (κ1) is 12.7. The summed E-state index contributed by atoms with van der Waals surface area (Å²) in [4.78, 5) is 0. The second kappa shape index (κ2) is 6.29. The van der Waals surface area contributed by atoms with Crippen molar-refractivity contribution in [1.29, 1.82) is 0 Å². The highest BCUT2D eigenvalue weighted by atomic mass is 79.9. The molecule has 0 atom stereocenters. The average molecular weight is 297 g/mol. The van der Waals surface area contributed by atoms with Crippen molar-refractivity contribution in [2.75, 3.05) is 17.6 Å². The van der Waals surface area contributed by atoms with Gasteiger partial charge in [0, 0.05) is 11.0 Å². The zero-order chi connectivity index (χ0) is 12.1. The molecule has 2 nitrogen and oxygen atoms in total.